The highest BCUT2D eigenvalue weighted by molar-refractivity contribution is 7.89. The molecule has 1 saturated heterocycles. The van der Waals surface area contributed by atoms with E-state index in [0.717, 1.165) is 12.8 Å². The van der Waals surface area contributed by atoms with Gasteiger partial charge in [0.25, 0.3) is 11.5 Å². The summed E-state index contributed by atoms with van der Waals surface area (Å²) in [6.45, 7) is 2.21. The second-order valence-corrected chi connectivity index (χ2v) is 11.6. The van der Waals surface area contributed by atoms with Crippen molar-refractivity contribution < 1.29 is 18.1 Å². The lowest BCUT2D eigenvalue weighted by molar-refractivity contribution is -0.684. The van der Waals surface area contributed by atoms with Gasteiger partial charge in [-0.1, -0.05) is 29.3 Å². The van der Waals surface area contributed by atoms with E-state index >= 15 is 0 Å². The van der Waals surface area contributed by atoms with Crippen LogP contribution in [0.5, 0.6) is 5.88 Å². The van der Waals surface area contributed by atoms with Crippen LogP contribution >= 0.6 is 23.2 Å². The quantitative estimate of drug-likeness (QED) is 0.501. The third-order valence-corrected chi connectivity index (χ3v) is 9.09. The van der Waals surface area contributed by atoms with Gasteiger partial charge in [0, 0.05) is 43.8 Å². The molecule has 1 N–H and O–H groups in total. The molecule has 1 saturated carbocycles. The van der Waals surface area contributed by atoms with E-state index in [9.17, 15) is 18.3 Å². The van der Waals surface area contributed by atoms with Gasteiger partial charge in [0.2, 0.25) is 10.0 Å². The van der Waals surface area contributed by atoms with Crippen LogP contribution in [0.4, 0.5) is 0 Å². The molecular formula is C23H25Cl2N4O4S+. The first-order valence-electron chi connectivity index (χ1n) is 11.2. The van der Waals surface area contributed by atoms with Crippen LogP contribution in [-0.4, -0.2) is 53.3 Å². The van der Waals surface area contributed by atoms with E-state index in [4.69, 9.17) is 23.2 Å². The summed E-state index contributed by atoms with van der Waals surface area (Å²) in [6.07, 6.45) is 3.95. The van der Waals surface area contributed by atoms with Crippen molar-refractivity contribution in [3.05, 3.63) is 68.6 Å². The molecule has 0 bridgehead atoms. The molecular weight excluding hydrogens is 499 g/mol. The molecule has 2 fully saturated rings. The Bertz CT molecular complexity index is 1410. The van der Waals surface area contributed by atoms with Crippen LogP contribution in [0.3, 0.4) is 0 Å². The Hall–Kier alpha value is -2.17. The Balaban J connectivity index is 1.37. The highest BCUT2D eigenvalue weighted by Gasteiger charge is 2.33. The lowest BCUT2D eigenvalue weighted by atomic mass is 10.2. The fraction of sp³-hybridized carbons (Fsp3) is 0.391. The van der Waals surface area contributed by atoms with E-state index < -0.39 is 10.0 Å². The van der Waals surface area contributed by atoms with Gasteiger partial charge in [-0.25, -0.2) is 13.2 Å². The summed E-state index contributed by atoms with van der Waals surface area (Å²) in [4.78, 5) is 15.2. The highest BCUT2D eigenvalue weighted by atomic mass is 35.5. The number of rotatable bonds is 6. The summed E-state index contributed by atoms with van der Waals surface area (Å²) in [5.41, 5.74) is 0.717. The van der Waals surface area contributed by atoms with Crippen molar-refractivity contribution in [2.24, 2.45) is 5.92 Å². The van der Waals surface area contributed by atoms with Crippen LogP contribution in [0.15, 0.2) is 52.3 Å². The predicted molar refractivity (Wildman–Crippen MR) is 129 cm³/mol. The molecule has 34 heavy (non-hydrogen) atoms. The second kappa shape index (κ2) is 9.13. The monoisotopic (exact) mass is 523 g/mol. The Morgan fingerprint density at radius 3 is 2.50 bits per heavy atom. The fourth-order valence-electron chi connectivity index (χ4n) is 4.38. The number of aromatic nitrogens is 2. The molecule has 0 radical (unpaired) electrons. The number of pyridine rings is 1. The summed E-state index contributed by atoms with van der Waals surface area (Å²) in [6, 6.07) is 9.85. The number of piperazine rings is 1. The number of hydrogen-bond acceptors (Lipinski definition) is 5. The molecule has 1 aromatic carbocycles. The van der Waals surface area contributed by atoms with Gasteiger partial charge in [0.15, 0.2) is 0 Å². The fourth-order valence-corrected chi connectivity index (χ4v) is 6.54. The average molecular weight is 524 g/mol. The number of halogens is 2. The van der Waals surface area contributed by atoms with Gasteiger partial charge in [-0.2, -0.15) is 13.3 Å². The first-order valence-corrected chi connectivity index (χ1v) is 13.4. The van der Waals surface area contributed by atoms with Crippen LogP contribution < -0.4 is 10.1 Å². The van der Waals surface area contributed by atoms with Crippen LogP contribution in [-0.2, 0) is 23.1 Å². The molecule has 1 aliphatic carbocycles. The van der Waals surface area contributed by atoms with E-state index in [2.05, 4.69) is 0 Å². The zero-order chi connectivity index (χ0) is 24.0. The number of benzene rings is 1. The van der Waals surface area contributed by atoms with Gasteiger partial charge < -0.3 is 5.11 Å². The van der Waals surface area contributed by atoms with Crippen LogP contribution in [0.2, 0.25) is 10.0 Å². The largest absolute Gasteiger partial charge is 0.477 e. The molecule has 0 spiro atoms. The molecule has 5 rings (SSSR count). The number of hydrogen-bond donors (Lipinski definition) is 1. The van der Waals surface area contributed by atoms with E-state index in [0.29, 0.717) is 41.8 Å². The van der Waals surface area contributed by atoms with E-state index in [1.165, 1.54) is 16.4 Å². The maximum absolute atomic E-state index is 13.2. The minimum Gasteiger partial charge on any atom is -0.477 e. The second-order valence-electron chi connectivity index (χ2n) is 8.85. The number of aromatic hydroxyl groups is 1. The Labute approximate surface area is 207 Å². The van der Waals surface area contributed by atoms with Crippen molar-refractivity contribution >= 4 is 38.9 Å². The standard InChI is InChI=1S/C23H24Cl2N4O4S/c24-17-6-7-19(25)20(13-17)34(32,33)27-11-9-26(10-12-27)15-18-22(30)28-8-2-1-3-21(28)29(23(18)31)14-16-4-5-16/h1-3,6-8,13,16H,4-5,9-12,14-15H2/p+1. The topological polar surface area (TPSA) is 86.2 Å². The lowest BCUT2D eigenvalue weighted by Crippen LogP contribution is -2.49. The SMILES string of the molecule is O=c1c(CN2CCN(S(=O)(=O)c3cc(Cl)ccc3Cl)CC2)c(O)[n+](CC2CC2)c2ccccn12. The van der Waals surface area contributed by atoms with Crippen molar-refractivity contribution in [1.82, 2.24) is 13.6 Å². The molecule has 3 aromatic rings. The van der Waals surface area contributed by atoms with Gasteiger partial charge in [-0.15, -0.1) is 0 Å². The molecule has 2 aromatic heterocycles. The maximum atomic E-state index is 13.2. The van der Waals surface area contributed by atoms with Gasteiger partial charge in [-0.3, -0.25) is 4.90 Å². The van der Waals surface area contributed by atoms with Gasteiger partial charge >= 0.3 is 5.56 Å². The summed E-state index contributed by atoms with van der Waals surface area (Å²) in [5.74, 6) is 0.501. The van der Waals surface area contributed by atoms with Crippen molar-refractivity contribution in [2.75, 3.05) is 26.2 Å². The Morgan fingerprint density at radius 2 is 1.79 bits per heavy atom. The zero-order valence-electron chi connectivity index (χ0n) is 18.4. The first-order chi connectivity index (χ1) is 16.3. The normalized spacial score (nSPS) is 17.9. The van der Waals surface area contributed by atoms with Gasteiger partial charge in [0.05, 0.1) is 17.8 Å². The lowest BCUT2D eigenvalue weighted by Gasteiger charge is -2.33. The van der Waals surface area contributed by atoms with Crippen LogP contribution in [0, 0.1) is 5.92 Å². The van der Waals surface area contributed by atoms with E-state index in [-0.39, 0.29) is 41.0 Å². The van der Waals surface area contributed by atoms with Crippen LogP contribution in [0.25, 0.3) is 5.65 Å². The summed E-state index contributed by atoms with van der Waals surface area (Å²) >= 11 is 12.1. The predicted octanol–water partition coefficient (Wildman–Crippen LogP) is 2.52. The summed E-state index contributed by atoms with van der Waals surface area (Å²) < 4.78 is 31.0. The highest BCUT2D eigenvalue weighted by Crippen LogP contribution is 2.30. The van der Waals surface area contributed by atoms with E-state index in [1.807, 2.05) is 21.6 Å². The van der Waals surface area contributed by atoms with Gasteiger partial charge in [0.1, 0.15) is 10.5 Å². The van der Waals surface area contributed by atoms with Crippen LogP contribution in [0.1, 0.15) is 18.4 Å². The molecule has 0 amide bonds. The molecule has 8 nitrogen and oxygen atoms in total. The molecule has 11 heteroatoms. The molecule has 2 aliphatic rings. The van der Waals surface area contributed by atoms with Crippen molar-refractivity contribution in [3.8, 4) is 5.88 Å². The summed E-state index contributed by atoms with van der Waals surface area (Å²) in [5, 5.41) is 11.5. The van der Waals surface area contributed by atoms with Crippen molar-refractivity contribution in [1.29, 1.82) is 0 Å². The summed E-state index contributed by atoms with van der Waals surface area (Å²) in [7, 11) is -3.80. The minimum absolute atomic E-state index is 0.0103. The third-order valence-electron chi connectivity index (χ3n) is 6.48. The maximum Gasteiger partial charge on any atom is 0.350 e. The van der Waals surface area contributed by atoms with Crippen molar-refractivity contribution in [3.63, 3.8) is 0 Å². The van der Waals surface area contributed by atoms with Gasteiger partial charge in [-0.05, 0) is 43.0 Å². The minimum atomic E-state index is -3.80. The third kappa shape index (κ3) is 4.43. The number of nitrogens with zero attached hydrogens (tertiary/aromatic N) is 4. The van der Waals surface area contributed by atoms with E-state index in [1.54, 1.807) is 22.7 Å². The molecule has 180 valence electrons. The average Bonchev–Trinajstić information content (AvgIpc) is 3.65. The molecule has 1 aliphatic heterocycles. The Morgan fingerprint density at radius 1 is 1.06 bits per heavy atom. The smallest absolute Gasteiger partial charge is 0.350 e. The number of sulfonamides is 1. The number of fused-ring (bicyclic) bond motifs is 1. The zero-order valence-corrected chi connectivity index (χ0v) is 20.7. The molecule has 0 atom stereocenters. The van der Waals surface area contributed by atoms with Crippen molar-refractivity contribution in [2.45, 2.75) is 30.8 Å². The molecule has 0 unspecified atom stereocenters. The Kier molecular flexibility index (Phi) is 6.32. The molecule has 3 heterocycles. The first kappa shape index (κ1) is 23.6.